The van der Waals surface area contributed by atoms with E-state index in [1.54, 1.807) is 6.92 Å². The van der Waals surface area contributed by atoms with Gasteiger partial charge in [0.15, 0.2) is 5.82 Å². The van der Waals surface area contributed by atoms with Crippen LogP contribution in [0.5, 0.6) is 0 Å². The lowest BCUT2D eigenvalue weighted by molar-refractivity contribution is 0.102. The summed E-state index contributed by atoms with van der Waals surface area (Å²) in [5.41, 5.74) is 2.33. The number of carbonyl (C=O) groups is 1. The summed E-state index contributed by atoms with van der Waals surface area (Å²) in [6.45, 7) is 5.52. The molecule has 0 unspecified atom stereocenters. The predicted molar refractivity (Wildman–Crippen MR) is 77.0 cm³/mol. The van der Waals surface area contributed by atoms with Crippen molar-refractivity contribution in [2.45, 2.75) is 20.8 Å². The normalized spacial score (nSPS) is 10.9. The van der Waals surface area contributed by atoms with E-state index in [-0.39, 0.29) is 5.91 Å². The predicted octanol–water partition coefficient (Wildman–Crippen LogP) is 3.33. The Morgan fingerprint density at radius 3 is 2.65 bits per heavy atom. The summed E-state index contributed by atoms with van der Waals surface area (Å²) in [5, 5.41) is 10.8. The number of hydrogen-bond acceptors (Lipinski definition) is 3. The summed E-state index contributed by atoms with van der Waals surface area (Å²) in [5.74, 6) is 1.72. The number of nitrogens with zero attached hydrogens (tertiary/aromatic N) is 1. The zero-order chi connectivity index (χ0) is 14.3. The number of benzene rings is 1. The number of fused-ring (bicyclic) bond motifs is 1. The standard InChI is InChI=1S/C15H15N3O2/c1-8-9(2)20-10(3)13(8)15(19)16-14-11-6-4-5-7-12(11)17-18-14/h4-7H,1-3H3,(H2,16,17,18,19). The molecule has 1 amide bonds. The third kappa shape index (κ3) is 1.87. The minimum atomic E-state index is -0.200. The van der Waals surface area contributed by atoms with E-state index in [2.05, 4.69) is 15.5 Å². The fourth-order valence-electron chi connectivity index (χ4n) is 2.36. The van der Waals surface area contributed by atoms with E-state index in [0.717, 1.165) is 22.2 Å². The molecular formula is C15H15N3O2. The fourth-order valence-corrected chi connectivity index (χ4v) is 2.36. The topological polar surface area (TPSA) is 70.9 Å². The van der Waals surface area contributed by atoms with Crippen LogP contribution in [-0.2, 0) is 0 Å². The number of furan rings is 1. The highest BCUT2D eigenvalue weighted by Gasteiger charge is 2.19. The van der Waals surface area contributed by atoms with Crippen molar-refractivity contribution in [1.29, 1.82) is 0 Å². The van der Waals surface area contributed by atoms with E-state index in [4.69, 9.17) is 4.42 Å². The SMILES string of the molecule is Cc1oc(C)c(C(=O)Nc2n[nH]c3ccccc23)c1C. The van der Waals surface area contributed by atoms with Gasteiger partial charge in [-0.25, -0.2) is 0 Å². The van der Waals surface area contributed by atoms with Crippen LogP contribution in [0.4, 0.5) is 5.82 Å². The van der Waals surface area contributed by atoms with Crippen LogP contribution >= 0.6 is 0 Å². The molecule has 1 aromatic carbocycles. The monoisotopic (exact) mass is 269 g/mol. The van der Waals surface area contributed by atoms with Crippen LogP contribution in [0.15, 0.2) is 28.7 Å². The number of amides is 1. The summed E-state index contributed by atoms with van der Waals surface area (Å²) < 4.78 is 5.48. The number of nitrogens with one attached hydrogen (secondary N) is 2. The molecule has 102 valence electrons. The molecule has 0 spiro atoms. The third-order valence-electron chi connectivity index (χ3n) is 3.49. The Balaban J connectivity index is 1.97. The Morgan fingerprint density at radius 1 is 1.20 bits per heavy atom. The van der Waals surface area contributed by atoms with Crippen LogP contribution in [0.1, 0.15) is 27.4 Å². The van der Waals surface area contributed by atoms with Crippen molar-refractivity contribution >= 4 is 22.6 Å². The maximum absolute atomic E-state index is 12.4. The van der Waals surface area contributed by atoms with Gasteiger partial charge < -0.3 is 9.73 Å². The highest BCUT2D eigenvalue weighted by atomic mass is 16.3. The zero-order valence-electron chi connectivity index (χ0n) is 11.6. The number of hydrogen-bond donors (Lipinski definition) is 2. The minimum absolute atomic E-state index is 0.200. The highest BCUT2D eigenvalue weighted by molar-refractivity contribution is 6.09. The third-order valence-corrected chi connectivity index (χ3v) is 3.49. The maximum Gasteiger partial charge on any atom is 0.260 e. The van der Waals surface area contributed by atoms with Crippen molar-refractivity contribution < 1.29 is 9.21 Å². The maximum atomic E-state index is 12.4. The number of aromatic nitrogens is 2. The van der Waals surface area contributed by atoms with Gasteiger partial charge in [-0.1, -0.05) is 12.1 Å². The lowest BCUT2D eigenvalue weighted by Crippen LogP contribution is -2.14. The summed E-state index contributed by atoms with van der Waals surface area (Å²) in [7, 11) is 0. The highest BCUT2D eigenvalue weighted by Crippen LogP contribution is 2.24. The van der Waals surface area contributed by atoms with Crippen LogP contribution in [-0.4, -0.2) is 16.1 Å². The number of aryl methyl sites for hydroxylation is 2. The lowest BCUT2D eigenvalue weighted by atomic mass is 10.1. The molecule has 0 fully saturated rings. The molecule has 5 heteroatoms. The van der Waals surface area contributed by atoms with Crippen molar-refractivity contribution in [3.05, 3.63) is 46.9 Å². The lowest BCUT2D eigenvalue weighted by Gasteiger charge is -2.02. The van der Waals surface area contributed by atoms with E-state index in [0.29, 0.717) is 17.1 Å². The van der Waals surface area contributed by atoms with Crippen molar-refractivity contribution in [3.8, 4) is 0 Å². The van der Waals surface area contributed by atoms with Crippen molar-refractivity contribution in [2.24, 2.45) is 0 Å². The number of H-pyrrole nitrogens is 1. The quantitative estimate of drug-likeness (QED) is 0.749. The van der Waals surface area contributed by atoms with Crippen LogP contribution in [0.2, 0.25) is 0 Å². The van der Waals surface area contributed by atoms with Crippen LogP contribution < -0.4 is 5.32 Å². The van der Waals surface area contributed by atoms with Crippen molar-refractivity contribution in [1.82, 2.24) is 10.2 Å². The van der Waals surface area contributed by atoms with E-state index in [9.17, 15) is 4.79 Å². The number of para-hydroxylation sites is 1. The molecule has 0 saturated heterocycles. The molecule has 3 aromatic rings. The molecule has 2 aromatic heterocycles. The number of aromatic amines is 1. The molecule has 0 radical (unpaired) electrons. The molecule has 5 nitrogen and oxygen atoms in total. The van der Waals surface area contributed by atoms with Crippen LogP contribution in [0.25, 0.3) is 10.9 Å². The summed E-state index contributed by atoms with van der Waals surface area (Å²) >= 11 is 0. The van der Waals surface area contributed by atoms with Crippen LogP contribution in [0, 0.1) is 20.8 Å². The molecule has 2 heterocycles. The van der Waals surface area contributed by atoms with Gasteiger partial charge >= 0.3 is 0 Å². The average molecular weight is 269 g/mol. The first kappa shape index (κ1) is 12.5. The van der Waals surface area contributed by atoms with E-state index < -0.39 is 0 Å². The summed E-state index contributed by atoms with van der Waals surface area (Å²) in [4.78, 5) is 12.4. The summed E-state index contributed by atoms with van der Waals surface area (Å²) in [6.07, 6.45) is 0. The number of carbonyl (C=O) groups excluding carboxylic acids is 1. The van der Waals surface area contributed by atoms with Gasteiger partial charge in [0.25, 0.3) is 5.91 Å². The molecule has 0 aliphatic rings. The molecule has 0 bridgehead atoms. The molecule has 2 N–H and O–H groups in total. The molecular weight excluding hydrogens is 254 g/mol. The average Bonchev–Trinajstić information content (AvgIpc) is 2.92. The largest absolute Gasteiger partial charge is 0.466 e. The number of rotatable bonds is 2. The van der Waals surface area contributed by atoms with E-state index >= 15 is 0 Å². The molecule has 0 saturated carbocycles. The van der Waals surface area contributed by atoms with Crippen molar-refractivity contribution in [2.75, 3.05) is 5.32 Å². The first-order valence-electron chi connectivity index (χ1n) is 6.39. The second-order valence-electron chi connectivity index (χ2n) is 4.79. The first-order chi connectivity index (χ1) is 9.58. The second kappa shape index (κ2) is 4.52. The van der Waals surface area contributed by atoms with Gasteiger partial charge in [0.1, 0.15) is 11.5 Å². The fraction of sp³-hybridized carbons (Fsp3) is 0.200. The van der Waals surface area contributed by atoms with Gasteiger partial charge in [0.05, 0.1) is 11.1 Å². The van der Waals surface area contributed by atoms with Gasteiger partial charge in [0.2, 0.25) is 0 Å². The Hall–Kier alpha value is -2.56. The van der Waals surface area contributed by atoms with Gasteiger partial charge in [-0.2, -0.15) is 5.10 Å². The number of anilines is 1. The van der Waals surface area contributed by atoms with Gasteiger partial charge in [-0.05, 0) is 32.9 Å². The molecule has 0 aliphatic carbocycles. The van der Waals surface area contributed by atoms with Crippen molar-refractivity contribution in [3.63, 3.8) is 0 Å². The zero-order valence-corrected chi connectivity index (χ0v) is 11.6. The molecule has 0 aliphatic heterocycles. The first-order valence-corrected chi connectivity index (χ1v) is 6.39. The molecule has 20 heavy (non-hydrogen) atoms. The van der Waals surface area contributed by atoms with E-state index in [1.165, 1.54) is 0 Å². The smallest absolute Gasteiger partial charge is 0.260 e. The Bertz CT molecular complexity index is 799. The molecule has 3 rings (SSSR count). The Kier molecular flexibility index (Phi) is 2.82. The van der Waals surface area contributed by atoms with Gasteiger partial charge in [-0.15, -0.1) is 0 Å². The minimum Gasteiger partial charge on any atom is -0.466 e. The van der Waals surface area contributed by atoms with Crippen LogP contribution in [0.3, 0.4) is 0 Å². The van der Waals surface area contributed by atoms with E-state index in [1.807, 2.05) is 38.1 Å². The second-order valence-corrected chi connectivity index (χ2v) is 4.79. The Morgan fingerprint density at radius 2 is 1.95 bits per heavy atom. The van der Waals surface area contributed by atoms with Gasteiger partial charge in [-0.3, -0.25) is 9.89 Å². The molecule has 0 atom stereocenters. The Labute approximate surface area is 116 Å². The van der Waals surface area contributed by atoms with Gasteiger partial charge in [0, 0.05) is 10.9 Å². The summed E-state index contributed by atoms with van der Waals surface area (Å²) in [6, 6.07) is 7.65.